The number of hydrogen-bond donors (Lipinski definition) is 0. The Morgan fingerprint density at radius 2 is 0.694 bits per heavy atom. The standard InChI is InChI=1S/C53H59N3O6/c57-51(54-28-22-44(23-29-54)34-41-10-4-1-5-11-41)60-48-20-18-40(19-21-48)16-17-47-37-49(61-52(58)55-30-24-45(25-31-55)35-42-12-6-2-7-13-42)39-50(38-47)62-53(59)56-32-26-46(27-33-56)36-43-14-8-3-9-15-43/h1-15,18-21,37-39,44-46H,16-17,22-36H2. The van der Waals surface area contributed by atoms with Crippen molar-refractivity contribution in [2.75, 3.05) is 39.3 Å². The predicted octanol–water partition coefficient (Wildman–Crippen LogP) is 10.8. The number of amides is 3. The van der Waals surface area contributed by atoms with Crippen LogP contribution in [-0.2, 0) is 32.1 Å². The van der Waals surface area contributed by atoms with E-state index in [0.717, 1.165) is 68.9 Å². The third kappa shape index (κ3) is 12.3. The molecule has 0 N–H and O–H groups in total. The van der Waals surface area contributed by atoms with Crippen molar-refractivity contribution in [3.63, 3.8) is 0 Å². The Morgan fingerprint density at radius 1 is 0.371 bits per heavy atom. The summed E-state index contributed by atoms with van der Waals surface area (Å²) in [4.78, 5) is 45.4. The minimum absolute atomic E-state index is 0.308. The van der Waals surface area contributed by atoms with Gasteiger partial charge >= 0.3 is 18.3 Å². The average molecular weight is 834 g/mol. The molecule has 9 nitrogen and oxygen atoms in total. The van der Waals surface area contributed by atoms with Gasteiger partial charge < -0.3 is 28.9 Å². The number of ether oxygens (including phenoxy) is 3. The Balaban J connectivity index is 0.861. The van der Waals surface area contributed by atoms with Crippen LogP contribution in [0, 0.1) is 17.8 Å². The van der Waals surface area contributed by atoms with Gasteiger partial charge in [-0.05, 0) is 140 Å². The monoisotopic (exact) mass is 833 g/mol. The molecule has 3 heterocycles. The van der Waals surface area contributed by atoms with E-state index >= 15 is 0 Å². The normalized spacial score (nSPS) is 16.5. The van der Waals surface area contributed by atoms with Gasteiger partial charge in [0.25, 0.3) is 0 Å². The zero-order chi connectivity index (χ0) is 42.5. The van der Waals surface area contributed by atoms with Crippen molar-refractivity contribution in [3.05, 3.63) is 161 Å². The number of rotatable bonds is 12. The number of likely N-dealkylation sites (tertiary alicyclic amines) is 3. The first-order valence-corrected chi connectivity index (χ1v) is 22.6. The molecule has 8 rings (SSSR count). The Bertz CT molecular complexity index is 2100. The Morgan fingerprint density at radius 3 is 1.05 bits per heavy atom. The van der Waals surface area contributed by atoms with Gasteiger partial charge in [0, 0.05) is 45.3 Å². The highest BCUT2D eigenvalue weighted by Crippen LogP contribution is 2.29. The van der Waals surface area contributed by atoms with E-state index in [1.165, 1.54) is 16.7 Å². The van der Waals surface area contributed by atoms with Gasteiger partial charge in [-0.25, -0.2) is 14.4 Å². The van der Waals surface area contributed by atoms with Gasteiger partial charge in [-0.3, -0.25) is 0 Å². The summed E-state index contributed by atoms with van der Waals surface area (Å²) in [6.45, 7) is 3.93. The van der Waals surface area contributed by atoms with Crippen molar-refractivity contribution in [1.82, 2.24) is 14.7 Å². The van der Waals surface area contributed by atoms with Crippen molar-refractivity contribution < 1.29 is 28.6 Å². The molecule has 0 aliphatic carbocycles. The number of benzene rings is 5. The molecule has 3 aliphatic rings. The molecule has 5 aromatic carbocycles. The molecule has 0 spiro atoms. The Kier molecular flexibility index (Phi) is 14.5. The number of carbonyl (C=O) groups is 3. The molecule has 0 bridgehead atoms. The summed E-state index contributed by atoms with van der Waals surface area (Å²) in [5.74, 6) is 2.84. The second-order valence-electron chi connectivity index (χ2n) is 17.4. The van der Waals surface area contributed by atoms with Gasteiger partial charge in [0.05, 0.1) is 0 Å². The fraction of sp³-hybridized carbons (Fsp3) is 0.377. The number of piperidine rings is 3. The molecule has 0 unspecified atom stereocenters. The molecule has 9 heteroatoms. The number of carbonyl (C=O) groups excluding carboxylic acids is 3. The van der Waals surface area contributed by atoms with Crippen LogP contribution in [0.2, 0.25) is 0 Å². The maximum Gasteiger partial charge on any atom is 0.415 e. The molecular weight excluding hydrogens is 775 g/mol. The highest BCUT2D eigenvalue weighted by atomic mass is 16.6. The van der Waals surface area contributed by atoms with Gasteiger partial charge in [0.1, 0.15) is 17.2 Å². The molecular formula is C53H59N3O6. The molecule has 0 aromatic heterocycles. The van der Waals surface area contributed by atoms with Crippen LogP contribution in [0.25, 0.3) is 0 Å². The van der Waals surface area contributed by atoms with Crippen LogP contribution in [-0.4, -0.2) is 72.2 Å². The summed E-state index contributed by atoms with van der Waals surface area (Å²) in [7, 11) is 0. The van der Waals surface area contributed by atoms with E-state index in [2.05, 4.69) is 72.8 Å². The van der Waals surface area contributed by atoms with Crippen molar-refractivity contribution in [3.8, 4) is 17.2 Å². The number of hydrogen-bond acceptors (Lipinski definition) is 6. The smallest absolute Gasteiger partial charge is 0.410 e. The minimum Gasteiger partial charge on any atom is -0.410 e. The molecule has 0 atom stereocenters. The molecule has 5 aromatic rings. The van der Waals surface area contributed by atoms with Crippen LogP contribution in [0.1, 0.15) is 66.3 Å². The van der Waals surface area contributed by atoms with Crippen LogP contribution >= 0.6 is 0 Å². The zero-order valence-electron chi connectivity index (χ0n) is 35.7. The Hall–Kier alpha value is -6.09. The van der Waals surface area contributed by atoms with Crippen molar-refractivity contribution in [2.45, 2.75) is 70.6 Å². The molecule has 3 amide bonds. The van der Waals surface area contributed by atoms with Crippen molar-refractivity contribution in [1.29, 1.82) is 0 Å². The van der Waals surface area contributed by atoms with E-state index in [1.54, 1.807) is 15.9 Å². The van der Waals surface area contributed by atoms with Crippen LogP contribution in [0.15, 0.2) is 133 Å². The number of nitrogens with zero attached hydrogens (tertiary/aromatic N) is 3. The third-order valence-electron chi connectivity index (χ3n) is 12.9. The van der Waals surface area contributed by atoms with E-state index < -0.39 is 0 Å². The lowest BCUT2D eigenvalue weighted by atomic mass is 9.90. The van der Waals surface area contributed by atoms with Gasteiger partial charge in [0.15, 0.2) is 0 Å². The summed E-state index contributed by atoms with van der Waals surface area (Å²) in [5.41, 5.74) is 5.93. The second kappa shape index (κ2) is 21.1. The van der Waals surface area contributed by atoms with Gasteiger partial charge in [-0.1, -0.05) is 103 Å². The van der Waals surface area contributed by atoms with E-state index in [-0.39, 0.29) is 18.3 Å². The molecule has 322 valence electrons. The molecule has 0 radical (unpaired) electrons. The molecule has 62 heavy (non-hydrogen) atoms. The van der Waals surface area contributed by atoms with Crippen LogP contribution in [0.3, 0.4) is 0 Å². The Labute approximate surface area is 366 Å². The lowest BCUT2D eigenvalue weighted by molar-refractivity contribution is 0.128. The summed E-state index contributed by atoms with van der Waals surface area (Å²) < 4.78 is 17.8. The molecule has 3 fully saturated rings. The van der Waals surface area contributed by atoms with Gasteiger partial charge in [-0.2, -0.15) is 0 Å². The lowest BCUT2D eigenvalue weighted by Gasteiger charge is -2.31. The fourth-order valence-electron chi connectivity index (χ4n) is 9.20. The van der Waals surface area contributed by atoms with E-state index in [0.29, 0.717) is 87.1 Å². The first-order valence-electron chi connectivity index (χ1n) is 22.6. The number of aryl methyl sites for hydroxylation is 2. The molecule has 3 saturated heterocycles. The third-order valence-corrected chi connectivity index (χ3v) is 12.9. The maximum absolute atomic E-state index is 13.5. The maximum atomic E-state index is 13.5. The van der Waals surface area contributed by atoms with Gasteiger partial charge in [0.2, 0.25) is 0 Å². The van der Waals surface area contributed by atoms with E-state index in [4.69, 9.17) is 14.2 Å². The average Bonchev–Trinajstić information content (AvgIpc) is 3.30. The predicted molar refractivity (Wildman–Crippen MR) is 242 cm³/mol. The van der Waals surface area contributed by atoms with Crippen LogP contribution < -0.4 is 14.2 Å². The summed E-state index contributed by atoms with van der Waals surface area (Å²) in [5, 5.41) is 0. The largest absolute Gasteiger partial charge is 0.415 e. The summed E-state index contributed by atoms with van der Waals surface area (Å²) in [6.07, 6.45) is 8.86. The minimum atomic E-state index is -0.389. The molecule has 0 saturated carbocycles. The van der Waals surface area contributed by atoms with Gasteiger partial charge in [-0.15, -0.1) is 0 Å². The topological polar surface area (TPSA) is 88.6 Å². The first kappa shape index (κ1) is 42.6. The van der Waals surface area contributed by atoms with Crippen molar-refractivity contribution >= 4 is 18.3 Å². The second-order valence-corrected chi connectivity index (χ2v) is 17.4. The summed E-state index contributed by atoms with van der Waals surface area (Å²) in [6, 6.07) is 44.6. The first-order chi connectivity index (χ1) is 30.4. The van der Waals surface area contributed by atoms with Crippen LogP contribution in [0.4, 0.5) is 14.4 Å². The lowest BCUT2D eigenvalue weighted by Crippen LogP contribution is -2.40. The SMILES string of the molecule is O=C(Oc1ccc(CCc2cc(OC(=O)N3CCC(Cc4ccccc4)CC3)cc(OC(=O)N3CCC(Cc4ccccc4)CC3)c2)cc1)N1CCC(Cc2ccccc2)CC1. The highest BCUT2D eigenvalue weighted by molar-refractivity contribution is 5.73. The zero-order valence-corrected chi connectivity index (χ0v) is 35.7. The van der Waals surface area contributed by atoms with E-state index in [9.17, 15) is 14.4 Å². The quantitative estimate of drug-likeness (QED) is 0.124. The fourth-order valence-corrected chi connectivity index (χ4v) is 9.20. The highest BCUT2D eigenvalue weighted by Gasteiger charge is 2.28. The van der Waals surface area contributed by atoms with Crippen molar-refractivity contribution in [2.24, 2.45) is 17.8 Å². The summed E-state index contributed by atoms with van der Waals surface area (Å²) >= 11 is 0. The van der Waals surface area contributed by atoms with E-state index in [1.807, 2.05) is 59.5 Å². The van der Waals surface area contributed by atoms with Crippen LogP contribution in [0.5, 0.6) is 17.2 Å². The molecule has 3 aliphatic heterocycles.